The van der Waals surface area contributed by atoms with E-state index < -0.39 is 4.92 Å². The highest BCUT2D eigenvalue weighted by Gasteiger charge is 2.16. The topological polar surface area (TPSA) is 93.0 Å². The Bertz CT molecular complexity index is 618. The van der Waals surface area contributed by atoms with E-state index in [0.717, 1.165) is 5.56 Å². The van der Waals surface area contributed by atoms with Crippen LogP contribution in [0.1, 0.15) is 5.56 Å². The minimum absolute atomic E-state index is 0.169. The molecule has 0 spiro atoms. The summed E-state index contributed by atoms with van der Waals surface area (Å²) in [4.78, 5) is 18.3. The van der Waals surface area contributed by atoms with Crippen LogP contribution >= 0.6 is 11.6 Å². The molecule has 1 aromatic heterocycles. The Kier molecular flexibility index (Phi) is 4.31. The molecule has 20 heavy (non-hydrogen) atoms. The SMILES string of the molecule is CNc1ncc([N+](=O)[O-])c(NCc2ccc(Cl)cc2)n1. The lowest BCUT2D eigenvalue weighted by atomic mass is 10.2. The van der Waals surface area contributed by atoms with Crippen LogP contribution in [-0.4, -0.2) is 21.9 Å². The summed E-state index contributed by atoms with van der Waals surface area (Å²) in [5.74, 6) is 0.485. The van der Waals surface area contributed by atoms with Crippen LogP contribution in [0.5, 0.6) is 0 Å². The highest BCUT2D eigenvalue weighted by Crippen LogP contribution is 2.22. The van der Waals surface area contributed by atoms with E-state index in [1.165, 1.54) is 6.20 Å². The fraction of sp³-hybridized carbons (Fsp3) is 0.167. The lowest BCUT2D eigenvalue weighted by Gasteiger charge is -2.07. The van der Waals surface area contributed by atoms with Crippen molar-refractivity contribution in [2.45, 2.75) is 6.54 Å². The van der Waals surface area contributed by atoms with Gasteiger partial charge in [-0.25, -0.2) is 4.98 Å². The van der Waals surface area contributed by atoms with E-state index in [-0.39, 0.29) is 11.5 Å². The highest BCUT2D eigenvalue weighted by atomic mass is 35.5. The van der Waals surface area contributed by atoms with E-state index in [4.69, 9.17) is 11.6 Å². The quantitative estimate of drug-likeness (QED) is 0.650. The van der Waals surface area contributed by atoms with Crippen molar-refractivity contribution in [3.05, 3.63) is 51.2 Å². The van der Waals surface area contributed by atoms with Crippen molar-refractivity contribution >= 4 is 29.1 Å². The Morgan fingerprint density at radius 2 is 2.05 bits per heavy atom. The molecular formula is C12H12ClN5O2. The maximum absolute atomic E-state index is 10.9. The van der Waals surface area contributed by atoms with E-state index in [9.17, 15) is 10.1 Å². The van der Waals surface area contributed by atoms with Crippen LogP contribution in [0.4, 0.5) is 17.5 Å². The number of nitrogens with one attached hydrogen (secondary N) is 2. The van der Waals surface area contributed by atoms with Gasteiger partial charge in [0, 0.05) is 18.6 Å². The van der Waals surface area contributed by atoms with Gasteiger partial charge in [0.2, 0.25) is 11.8 Å². The second-order valence-corrected chi connectivity index (χ2v) is 4.35. The zero-order valence-electron chi connectivity index (χ0n) is 10.6. The molecule has 2 aromatic rings. The average molecular weight is 294 g/mol. The normalized spacial score (nSPS) is 10.1. The van der Waals surface area contributed by atoms with Gasteiger partial charge in [-0.1, -0.05) is 23.7 Å². The molecule has 0 saturated carbocycles. The lowest BCUT2D eigenvalue weighted by molar-refractivity contribution is -0.384. The number of nitro groups is 1. The fourth-order valence-corrected chi connectivity index (χ4v) is 1.67. The van der Waals surface area contributed by atoms with E-state index in [1.54, 1.807) is 19.2 Å². The van der Waals surface area contributed by atoms with Gasteiger partial charge in [-0.3, -0.25) is 10.1 Å². The van der Waals surface area contributed by atoms with E-state index in [2.05, 4.69) is 20.6 Å². The molecule has 104 valence electrons. The molecule has 2 N–H and O–H groups in total. The molecule has 7 nitrogen and oxygen atoms in total. The first-order valence-corrected chi connectivity index (χ1v) is 6.15. The predicted molar refractivity (Wildman–Crippen MR) is 77.0 cm³/mol. The summed E-state index contributed by atoms with van der Waals surface area (Å²) >= 11 is 5.80. The lowest BCUT2D eigenvalue weighted by Crippen LogP contribution is -2.07. The van der Waals surface area contributed by atoms with Crippen molar-refractivity contribution in [1.29, 1.82) is 0 Å². The third kappa shape index (κ3) is 3.33. The van der Waals surface area contributed by atoms with Crippen LogP contribution < -0.4 is 10.6 Å². The van der Waals surface area contributed by atoms with Gasteiger partial charge in [0.1, 0.15) is 6.20 Å². The molecule has 0 unspecified atom stereocenters. The number of aromatic nitrogens is 2. The van der Waals surface area contributed by atoms with Crippen LogP contribution in [0.3, 0.4) is 0 Å². The number of halogens is 1. The number of anilines is 2. The molecule has 0 amide bonds. The second-order valence-electron chi connectivity index (χ2n) is 3.91. The van der Waals surface area contributed by atoms with E-state index in [1.807, 2.05) is 12.1 Å². The van der Waals surface area contributed by atoms with Crippen LogP contribution in [0.25, 0.3) is 0 Å². The third-order valence-corrected chi connectivity index (χ3v) is 2.81. The van der Waals surface area contributed by atoms with E-state index in [0.29, 0.717) is 17.5 Å². The monoisotopic (exact) mass is 293 g/mol. The smallest absolute Gasteiger partial charge is 0.329 e. The Morgan fingerprint density at radius 3 is 2.65 bits per heavy atom. The molecule has 0 bridgehead atoms. The molecular weight excluding hydrogens is 282 g/mol. The number of rotatable bonds is 5. The number of hydrogen-bond acceptors (Lipinski definition) is 6. The Balaban J connectivity index is 2.18. The maximum Gasteiger partial charge on any atom is 0.329 e. The van der Waals surface area contributed by atoms with Crippen LogP contribution in [0.2, 0.25) is 5.02 Å². The molecule has 0 aliphatic rings. The summed E-state index contributed by atoms with van der Waals surface area (Å²) in [6.07, 6.45) is 1.17. The Hall–Kier alpha value is -2.41. The van der Waals surface area contributed by atoms with Crippen molar-refractivity contribution in [2.75, 3.05) is 17.7 Å². The molecule has 0 fully saturated rings. The summed E-state index contributed by atoms with van der Waals surface area (Å²) in [5.41, 5.74) is 0.770. The van der Waals surface area contributed by atoms with Crippen molar-refractivity contribution in [1.82, 2.24) is 9.97 Å². The van der Waals surface area contributed by atoms with Crippen molar-refractivity contribution in [3.8, 4) is 0 Å². The van der Waals surface area contributed by atoms with E-state index >= 15 is 0 Å². The molecule has 1 heterocycles. The Morgan fingerprint density at radius 1 is 1.35 bits per heavy atom. The van der Waals surface area contributed by atoms with Gasteiger partial charge in [-0.2, -0.15) is 4.98 Å². The van der Waals surface area contributed by atoms with Crippen molar-refractivity contribution < 1.29 is 4.92 Å². The van der Waals surface area contributed by atoms with Gasteiger partial charge in [0.25, 0.3) is 0 Å². The van der Waals surface area contributed by atoms with Crippen LogP contribution in [0, 0.1) is 10.1 Å². The van der Waals surface area contributed by atoms with Crippen LogP contribution in [-0.2, 0) is 6.54 Å². The average Bonchev–Trinajstić information content (AvgIpc) is 2.46. The highest BCUT2D eigenvalue weighted by molar-refractivity contribution is 6.30. The first-order valence-electron chi connectivity index (χ1n) is 5.77. The van der Waals surface area contributed by atoms with Crippen molar-refractivity contribution in [3.63, 3.8) is 0 Å². The first-order chi connectivity index (χ1) is 9.60. The second kappa shape index (κ2) is 6.16. The largest absolute Gasteiger partial charge is 0.360 e. The van der Waals surface area contributed by atoms with Gasteiger partial charge in [-0.05, 0) is 17.7 Å². The van der Waals surface area contributed by atoms with Gasteiger partial charge >= 0.3 is 5.69 Å². The Labute approximate surface area is 120 Å². The minimum Gasteiger partial charge on any atom is -0.360 e. The summed E-state index contributed by atoms with van der Waals surface area (Å²) in [6.45, 7) is 0.401. The summed E-state index contributed by atoms with van der Waals surface area (Å²) in [6, 6.07) is 7.18. The fourth-order valence-electron chi connectivity index (χ4n) is 1.55. The van der Waals surface area contributed by atoms with Crippen LogP contribution in [0.15, 0.2) is 30.5 Å². The van der Waals surface area contributed by atoms with Gasteiger partial charge in [0.05, 0.1) is 4.92 Å². The predicted octanol–water partition coefficient (Wildman–Crippen LogP) is 2.69. The summed E-state index contributed by atoms with van der Waals surface area (Å²) in [7, 11) is 1.64. The number of hydrogen-bond donors (Lipinski definition) is 2. The molecule has 1 aromatic carbocycles. The van der Waals surface area contributed by atoms with Gasteiger partial charge in [0.15, 0.2) is 0 Å². The summed E-state index contributed by atoms with van der Waals surface area (Å²) < 4.78 is 0. The zero-order valence-corrected chi connectivity index (χ0v) is 11.4. The molecule has 0 atom stereocenters. The molecule has 0 aliphatic carbocycles. The van der Waals surface area contributed by atoms with Gasteiger partial charge < -0.3 is 10.6 Å². The number of nitrogens with zero attached hydrogens (tertiary/aromatic N) is 3. The molecule has 8 heteroatoms. The number of benzene rings is 1. The zero-order chi connectivity index (χ0) is 14.5. The molecule has 0 radical (unpaired) electrons. The van der Waals surface area contributed by atoms with Crippen molar-refractivity contribution in [2.24, 2.45) is 0 Å². The molecule has 0 aliphatic heterocycles. The summed E-state index contributed by atoms with van der Waals surface area (Å²) in [5, 5.41) is 17.2. The van der Waals surface area contributed by atoms with Gasteiger partial charge in [-0.15, -0.1) is 0 Å². The first kappa shape index (κ1) is 14.0. The molecule has 0 saturated heterocycles. The minimum atomic E-state index is -0.524. The maximum atomic E-state index is 10.9. The standard InChI is InChI=1S/C12H12ClN5O2/c1-14-12-16-7-10(18(19)20)11(17-12)15-6-8-2-4-9(13)5-3-8/h2-5,7H,6H2,1H3,(H2,14,15,16,17). The molecule has 2 rings (SSSR count). The third-order valence-electron chi connectivity index (χ3n) is 2.56.